The highest BCUT2D eigenvalue weighted by Crippen LogP contribution is 2.15. The number of nitrogens with two attached hydrogens (primary N) is 1. The number of rotatable bonds is 5. The van der Waals surface area contributed by atoms with Gasteiger partial charge in [0.25, 0.3) is 11.8 Å². The smallest absolute Gasteiger partial charge is 0.419 e. The van der Waals surface area contributed by atoms with Crippen molar-refractivity contribution in [2.24, 2.45) is 12.8 Å². The lowest BCUT2D eigenvalue weighted by Gasteiger charge is -2.08. The average Bonchev–Trinajstić information content (AvgIpc) is 3.26. The van der Waals surface area contributed by atoms with Gasteiger partial charge in [-0.05, 0) is 17.7 Å². The average molecular weight is 410 g/mol. The molecule has 1 aromatic carbocycles. The lowest BCUT2D eigenvalue weighted by atomic mass is 10.2. The number of carboxylic acids is 1. The maximum atomic E-state index is 12.6. The molecule has 152 valence electrons. The zero-order valence-electron chi connectivity index (χ0n) is 15.4. The first-order valence-electron chi connectivity index (χ1n) is 8.54. The molecule has 12 nitrogen and oxygen atoms in total. The minimum absolute atomic E-state index is 0.0747. The van der Waals surface area contributed by atoms with Gasteiger partial charge in [-0.1, -0.05) is 6.07 Å². The Labute approximate surface area is 166 Å². The number of carbonyl (C=O) groups excluding carboxylic acids is 2. The van der Waals surface area contributed by atoms with E-state index in [2.05, 4.69) is 15.3 Å². The molecule has 0 saturated heterocycles. The third kappa shape index (κ3) is 3.05. The van der Waals surface area contributed by atoms with Gasteiger partial charge in [0.2, 0.25) is 0 Å². The molecule has 0 atom stereocenters. The fourth-order valence-corrected chi connectivity index (χ4v) is 2.98. The highest BCUT2D eigenvalue weighted by molar-refractivity contribution is 6.00. The summed E-state index contributed by atoms with van der Waals surface area (Å²) in [7, 11) is 1.56. The van der Waals surface area contributed by atoms with Crippen LogP contribution in [0, 0.1) is 0 Å². The van der Waals surface area contributed by atoms with Crippen LogP contribution < -0.4 is 16.8 Å². The van der Waals surface area contributed by atoms with Gasteiger partial charge in [0.1, 0.15) is 17.7 Å². The van der Waals surface area contributed by atoms with Crippen LogP contribution in [-0.4, -0.2) is 41.8 Å². The van der Waals surface area contributed by atoms with Crippen LogP contribution in [0.2, 0.25) is 0 Å². The number of aryl methyl sites for hydroxylation is 1. The molecule has 0 fully saturated rings. The molecule has 0 unspecified atom stereocenters. The van der Waals surface area contributed by atoms with Gasteiger partial charge in [-0.15, -0.1) is 0 Å². The number of primary amides is 1. The number of fused-ring (bicyclic) bond motifs is 2. The quantitative estimate of drug-likeness (QED) is 0.409. The van der Waals surface area contributed by atoms with Crippen LogP contribution in [-0.2, 0) is 13.6 Å². The largest absolute Gasteiger partial charge is 0.477 e. The third-order valence-electron chi connectivity index (χ3n) is 4.50. The van der Waals surface area contributed by atoms with Crippen molar-refractivity contribution in [3.8, 4) is 0 Å². The number of hydrogen-bond donors (Lipinski definition) is 3. The van der Waals surface area contributed by atoms with E-state index >= 15 is 0 Å². The van der Waals surface area contributed by atoms with Crippen molar-refractivity contribution < 1.29 is 23.9 Å². The molecular weight excluding hydrogens is 396 g/mol. The molecule has 3 aromatic heterocycles. The topological polar surface area (TPSA) is 175 Å². The summed E-state index contributed by atoms with van der Waals surface area (Å²) in [5.41, 5.74) is 5.97. The summed E-state index contributed by atoms with van der Waals surface area (Å²) in [4.78, 5) is 55.0. The van der Waals surface area contributed by atoms with E-state index in [-0.39, 0.29) is 29.3 Å². The molecule has 30 heavy (non-hydrogen) atoms. The molecule has 0 bridgehead atoms. The molecule has 12 heteroatoms. The second-order valence-corrected chi connectivity index (χ2v) is 6.39. The zero-order chi connectivity index (χ0) is 21.6. The Balaban J connectivity index is 1.65. The number of imidazole rings is 1. The first-order valence-corrected chi connectivity index (χ1v) is 8.54. The summed E-state index contributed by atoms with van der Waals surface area (Å²) in [6.07, 6.45) is 1.10. The van der Waals surface area contributed by atoms with Gasteiger partial charge in [-0.3, -0.25) is 18.6 Å². The third-order valence-corrected chi connectivity index (χ3v) is 4.50. The minimum atomic E-state index is -1.34. The van der Waals surface area contributed by atoms with Gasteiger partial charge < -0.3 is 20.6 Å². The summed E-state index contributed by atoms with van der Waals surface area (Å²) in [5.74, 6) is -3.41. The van der Waals surface area contributed by atoms with Crippen LogP contribution in [0.5, 0.6) is 0 Å². The normalized spacial score (nSPS) is 11.1. The summed E-state index contributed by atoms with van der Waals surface area (Å²) in [6.45, 7) is 0.0747. The van der Waals surface area contributed by atoms with Gasteiger partial charge in [0, 0.05) is 19.7 Å². The van der Waals surface area contributed by atoms with E-state index in [1.54, 1.807) is 25.2 Å². The fraction of sp³-hybridized carbons (Fsp3) is 0.111. The SMILES string of the molecule is Cn1c(=O)oc2ccc(CNC(=O)c3cc(C(=O)O)n4cnc(C(N)=O)c4n3)cc21. The van der Waals surface area contributed by atoms with Gasteiger partial charge in [0.15, 0.2) is 16.9 Å². The fourth-order valence-electron chi connectivity index (χ4n) is 2.98. The van der Waals surface area contributed by atoms with Crippen molar-refractivity contribution >= 4 is 34.5 Å². The Morgan fingerprint density at radius 1 is 1.27 bits per heavy atom. The standard InChI is InChI=1S/C18H14N6O6/c1-23-10-4-8(2-3-12(10)30-18(23)29)6-20-16(26)9-5-11(17(27)28)24-7-21-13(14(19)25)15(24)22-9/h2-5,7H,6H2,1H3,(H2,19,25)(H,20,26)(H,27,28). The van der Waals surface area contributed by atoms with Crippen LogP contribution in [0.25, 0.3) is 16.7 Å². The monoisotopic (exact) mass is 410 g/mol. The Bertz CT molecular complexity index is 1410. The van der Waals surface area contributed by atoms with Crippen LogP contribution in [0.15, 0.2) is 39.8 Å². The molecular formula is C18H14N6O6. The molecule has 3 heterocycles. The van der Waals surface area contributed by atoms with Crippen LogP contribution >= 0.6 is 0 Å². The summed E-state index contributed by atoms with van der Waals surface area (Å²) in [6, 6.07) is 6.03. The molecule has 0 spiro atoms. The van der Waals surface area contributed by atoms with Gasteiger partial charge in [-0.25, -0.2) is 19.6 Å². The molecule has 4 aromatic rings. The zero-order valence-corrected chi connectivity index (χ0v) is 15.4. The van der Waals surface area contributed by atoms with Crippen molar-refractivity contribution in [3.63, 3.8) is 0 Å². The number of aromatic carboxylic acids is 1. The first kappa shape index (κ1) is 18.9. The Kier molecular flexibility index (Phi) is 4.30. The van der Waals surface area contributed by atoms with Crippen LogP contribution in [0.3, 0.4) is 0 Å². The number of benzene rings is 1. The number of carboxylic acid groups (broad SMARTS) is 1. The number of nitrogens with zero attached hydrogens (tertiary/aromatic N) is 4. The number of nitrogens with one attached hydrogen (secondary N) is 1. The second-order valence-electron chi connectivity index (χ2n) is 6.39. The molecule has 0 saturated carbocycles. The summed E-state index contributed by atoms with van der Waals surface area (Å²) < 4.78 is 7.45. The van der Waals surface area contributed by atoms with Crippen molar-refractivity contribution in [3.05, 3.63) is 63.8 Å². The predicted molar refractivity (Wildman–Crippen MR) is 101 cm³/mol. The maximum Gasteiger partial charge on any atom is 0.419 e. The first-order chi connectivity index (χ1) is 14.3. The van der Waals surface area contributed by atoms with Gasteiger partial charge in [-0.2, -0.15) is 0 Å². The number of carbonyl (C=O) groups is 3. The van der Waals surface area contributed by atoms with E-state index in [0.29, 0.717) is 16.7 Å². The number of amides is 2. The van der Waals surface area contributed by atoms with Crippen LogP contribution in [0.4, 0.5) is 0 Å². The van der Waals surface area contributed by atoms with Crippen molar-refractivity contribution in [1.29, 1.82) is 0 Å². The van der Waals surface area contributed by atoms with E-state index in [1.165, 1.54) is 4.57 Å². The van der Waals surface area contributed by atoms with Gasteiger partial charge >= 0.3 is 11.7 Å². The summed E-state index contributed by atoms with van der Waals surface area (Å²) >= 11 is 0. The molecule has 0 aliphatic carbocycles. The molecule has 0 aliphatic heterocycles. The minimum Gasteiger partial charge on any atom is -0.477 e. The Morgan fingerprint density at radius 3 is 2.73 bits per heavy atom. The van der Waals surface area contributed by atoms with Gasteiger partial charge in [0.05, 0.1) is 5.52 Å². The molecule has 0 aliphatic rings. The van der Waals surface area contributed by atoms with Crippen LogP contribution in [0.1, 0.15) is 37.0 Å². The van der Waals surface area contributed by atoms with E-state index in [4.69, 9.17) is 10.2 Å². The Hall–Kier alpha value is -4.48. The molecule has 4 rings (SSSR count). The van der Waals surface area contributed by atoms with Crippen molar-refractivity contribution in [1.82, 2.24) is 24.3 Å². The lowest BCUT2D eigenvalue weighted by Crippen LogP contribution is -2.25. The summed E-state index contributed by atoms with van der Waals surface area (Å²) in [5, 5.41) is 12.0. The highest BCUT2D eigenvalue weighted by Gasteiger charge is 2.21. The van der Waals surface area contributed by atoms with E-state index in [0.717, 1.165) is 16.8 Å². The lowest BCUT2D eigenvalue weighted by molar-refractivity contribution is 0.0688. The Morgan fingerprint density at radius 2 is 2.03 bits per heavy atom. The molecule has 4 N–H and O–H groups in total. The number of oxazole rings is 1. The predicted octanol–water partition coefficient (Wildman–Crippen LogP) is -0.0987. The van der Waals surface area contributed by atoms with Crippen molar-refractivity contribution in [2.75, 3.05) is 0 Å². The van der Waals surface area contributed by atoms with E-state index < -0.39 is 23.5 Å². The number of aromatic nitrogens is 4. The maximum absolute atomic E-state index is 12.6. The highest BCUT2D eigenvalue weighted by atomic mass is 16.4. The second kappa shape index (κ2) is 6.84. The van der Waals surface area contributed by atoms with Crippen molar-refractivity contribution in [2.45, 2.75) is 6.54 Å². The molecule has 2 amide bonds. The van der Waals surface area contributed by atoms with E-state index in [9.17, 15) is 24.3 Å². The molecule has 0 radical (unpaired) electrons. The van der Waals surface area contributed by atoms with E-state index in [1.807, 2.05) is 0 Å². The number of hydrogen-bond acceptors (Lipinski definition) is 7.